The van der Waals surface area contributed by atoms with E-state index < -0.39 is 6.10 Å². The summed E-state index contributed by atoms with van der Waals surface area (Å²) in [7, 11) is 0. The van der Waals surface area contributed by atoms with E-state index in [1.165, 1.54) is 5.56 Å². The second-order valence-corrected chi connectivity index (χ2v) is 2.95. The maximum atomic E-state index is 9.54. The molecule has 1 atom stereocenters. The largest absolute Gasteiger partial charge is 0.388 e. The lowest BCUT2D eigenvalue weighted by Crippen LogP contribution is -1.94. The third-order valence-corrected chi connectivity index (χ3v) is 1.85. The first-order valence-corrected chi connectivity index (χ1v) is 4.09. The van der Waals surface area contributed by atoms with Crippen LogP contribution in [0.3, 0.4) is 0 Å². The molecule has 0 saturated heterocycles. The first kappa shape index (κ1) is 9.01. The summed E-state index contributed by atoms with van der Waals surface area (Å²) < 4.78 is 0. The van der Waals surface area contributed by atoms with Gasteiger partial charge in [-0.15, -0.1) is 6.58 Å². The SMILES string of the molecule is C=CC[C@@H](O)c1ccc(C)cc1. The van der Waals surface area contributed by atoms with Gasteiger partial charge in [0.1, 0.15) is 0 Å². The van der Waals surface area contributed by atoms with Gasteiger partial charge in [-0.1, -0.05) is 35.9 Å². The maximum Gasteiger partial charge on any atom is 0.0824 e. The highest BCUT2D eigenvalue weighted by Crippen LogP contribution is 2.16. The molecule has 0 aliphatic rings. The molecule has 0 aliphatic heterocycles. The molecule has 1 rings (SSSR count). The minimum absolute atomic E-state index is 0.400. The summed E-state index contributed by atoms with van der Waals surface area (Å²) in [6, 6.07) is 7.90. The summed E-state index contributed by atoms with van der Waals surface area (Å²) >= 11 is 0. The van der Waals surface area contributed by atoms with Gasteiger partial charge in [-0.3, -0.25) is 0 Å². The zero-order valence-electron chi connectivity index (χ0n) is 7.33. The second kappa shape index (κ2) is 4.07. The summed E-state index contributed by atoms with van der Waals surface area (Å²) in [6.07, 6.45) is 1.94. The van der Waals surface area contributed by atoms with Gasteiger partial charge < -0.3 is 5.11 Å². The van der Waals surface area contributed by atoms with Crippen LogP contribution in [-0.4, -0.2) is 5.11 Å². The number of aliphatic hydroxyl groups excluding tert-OH is 1. The van der Waals surface area contributed by atoms with Crippen molar-refractivity contribution >= 4 is 0 Å². The number of aryl methyl sites for hydroxylation is 1. The lowest BCUT2D eigenvalue weighted by atomic mass is 10.1. The number of aliphatic hydroxyl groups is 1. The molecular weight excluding hydrogens is 148 g/mol. The van der Waals surface area contributed by atoms with Crippen molar-refractivity contribution in [3.8, 4) is 0 Å². The quantitative estimate of drug-likeness (QED) is 0.677. The fourth-order valence-electron chi connectivity index (χ4n) is 1.08. The van der Waals surface area contributed by atoms with Crippen LogP contribution in [0, 0.1) is 6.92 Å². The van der Waals surface area contributed by atoms with Gasteiger partial charge in [-0.25, -0.2) is 0 Å². The lowest BCUT2D eigenvalue weighted by Gasteiger charge is -2.07. The van der Waals surface area contributed by atoms with Gasteiger partial charge in [0.2, 0.25) is 0 Å². The van der Waals surface area contributed by atoms with Crippen molar-refractivity contribution in [2.24, 2.45) is 0 Å². The molecule has 1 aromatic carbocycles. The molecule has 0 spiro atoms. The first-order chi connectivity index (χ1) is 5.74. The van der Waals surface area contributed by atoms with Crippen LogP contribution in [0.15, 0.2) is 36.9 Å². The van der Waals surface area contributed by atoms with Crippen LogP contribution < -0.4 is 0 Å². The Balaban J connectivity index is 2.74. The normalized spacial score (nSPS) is 12.5. The molecule has 0 fully saturated rings. The topological polar surface area (TPSA) is 20.2 Å². The van der Waals surface area contributed by atoms with Gasteiger partial charge in [-0.05, 0) is 18.9 Å². The average Bonchev–Trinajstić information content (AvgIpc) is 2.06. The molecule has 0 aliphatic carbocycles. The van der Waals surface area contributed by atoms with Crippen LogP contribution in [0.1, 0.15) is 23.7 Å². The molecule has 0 aromatic heterocycles. The molecule has 0 saturated carbocycles. The first-order valence-electron chi connectivity index (χ1n) is 4.09. The van der Waals surface area contributed by atoms with Crippen LogP contribution in [0.5, 0.6) is 0 Å². The summed E-state index contributed by atoms with van der Waals surface area (Å²) in [5.74, 6) is 0. The number of hydrogen-bond acceptors (Lipinski definition) is 1. The molecule has 1 heteroatoms. The lowest BCUT2D eigenvalue weighted by molar-refractivity contribution is 0.181. The van der Waals surface area contributed by atoms with Crippen LogP contribution in [-0.2, 0) is 0 Å². The van der Waals surface area contributed by atoms with Crippen molar-refractivity contribution in [1.82, 2.24) is 0 Å². The van der Waals surface area contributed by atoms with Crippen LogP contribution in [0.2, 0.25) is 0 Å². The van der Waals surface area contributed by atoms with E-state index in [2.05, 4.69) is 6.58 Å². The van der Waals surface area contributed by atoms with Crippen molar-refractivity contribution < 1.29 is 5.11 Å². The van der Waals surface area contributed by atoms with E-state index in [1.807, 2.05) is 31.2 Å². The Morgan fingerprint density at radius 3 is 2.50 bits per heavy atom. The molecule has 1 N–H and O–H groups in total. The average molecular weight is 162 g/mol. The van der Waals surface area contributed by atoms with Crippen molar-refractivity contribution in [2.45, 2.75) is 19.4 Å². The molecule has 0 unspecified atom stereocenters. The molecular formula is C11H14O. The Hall–Kier alpha value is -1.08. The Kier molecular flexibility index (Phi) is 3.06. The zero-order chi connectivity index (χ0) is 8.97. The highest BCUT2D eigenvalue weighted by molar-refractivity contribution is 5.23. The molecule has 12 heavy (non-hydrogen) atoms. The molecule has 1 nitrogen and oxygen atoms in total. The Morgan fingerprint density at radius 1 is 1.42 bits per heavy atom. The van der Waals surface area contributed by atoms with Crippen molar-refractivity contribution in [2.75, 3.05) is 0 Å². The minimum Gasteiger partial charge on any atom is -0.388 e. The van der Waals surface area contributed by atoms with E-state index in [-0.39, 0.29) is 0 Å². The summed E-state index contributed by atoms with van der Waals surface area (Å²) in [5.41, 5.74) is 2.17. The van der Waals surface area contributed by atoms with E-state index in [1.54, 1.807) is 6.08 Å². The standard InChI is InChI=1S/C11H14O/c1-3-4-11(12)10-7-5-9(2)6-8-10/h3,5-8,11-12H,1,4H2,2H3/t11-/m1/s1. The van der Waals surface area contributed by atoms with E-state index in [9.17, 15) is 5.11 Å². The van der Waals surface area contributed by atoms with Crippen LogP contribution in [0.25, 0.3) is 0 Å². The van der Waals surface area contributed by atoms with E-state index >= 15 is 0 Å². The van der Waals surface area contributed by atoms with Gasteiger partial charge in [0.15, 0.2) is 0 Å². The third kappa shape index (κ3) is 2.21. The Labute approximate surface area is 73.4 Å². The summed E-state index contributed by atoms with van der Waals surface area (Å²) in [4.78, 5) is 0. The molecule has 64 valence electrons. The van der Waals surface area contributed by atoms with Gasteiger partial charge in [-0.2, -0.15) is 0 Å². The van der Waals surface area contributed by atoms with Gasteiger partial charge in [0.05, 0.1) is 6.10 Å². The molecule has 0 amide bonds. The van der Waals surface area contributed by atoms with Crippen molar-refractivity contribution in [1.29, 1.82) is 0 Å². The monoisotopic (exact) mass is 162 g/mol. The number of hydrogen-bond donors (Lipinski definition) is 1. The van der Waals surface area contributed by atoms with Gasteiger partial charge >= 0.3 is 0 Å². The Bertz CT molecular complexity index is 248. The van der Waals surface area contributed by atoms with E-state index in [4.69, 9.17) is 0 Å². The molecule has 1 aromatic rings. The molecule has 0 bridgehead atoms. The van der Waals surface area contributed by atoms with Crippen LogP contribution >= 0.6 is 0 Å². The molecule has 0 heterocycles. The van der Waals surface area contributed by atoms with Crippen molar-refractivity contribution in [3.63, 3.8) is 0 Å². The summed E-state index contributed by atoms with van der Waals surface area (Å²) in [6.45, 7) is 5.62. The van der Waals surface area contributed by atoms with E-state index in [0.29, 0.717) is 6.42 Å². The highest BCUT2D eigenvalue weighted by atomic mass is 16.3. The number of rotatable bonds is 3. The number of benzene rings is 1. The highest BCUT2D eigenvalue weighted by Gasteiger charge is 2.03. The molecule has 0 radical (unpaired) electrons. The fourth-order valence-corrected chi connectivity index (χ4v) is 1.08. The minimum atomic E-state index is -0.400. The van der Waals surface area contributed by atoms with Gasteiger partial charge in [0, 0.05) is 0 Å². The van der Waals surface area contributed by atoms with Crippen molar-refractivity contribution in [3.05, 3.63) is 48.0 Å². The third-order valence-electron chi connectivity index (χ3n) is 1.85. The zero-order valence-corrected chi connectivity index (χ0v) is 7.33. The second-order valence-electron chi connectivity index (χ2n) is 2.95. The maximum absolute atomic E-state index is 9.54. The van der Waals surface area contributed by atoms with Crippen LogP contribution in [0.4, 0.5) is 0 Å². The Morgan fingerprint density at radius 2 is 2.00 bits per heavy atom. The predicted molar refractivity (Wildman–Crippen MR) is 51.0 cm³/mol. The summed E-state index contributed by atoms with van der Waals surface area (Å²) in [5, 5.41) is 9.54. The predicted octanol–water partition coefficient (Wildman–Crippen LogP) is 2.60. The van der Waals surface area contributed by atoms with E-state index in [0.717, 1.165) is 5.56 Å². The van der Waals surface area contributed by atoms with Gasteiger partial charge in [0.25, 0.3) is 0 Å². The smallest absolute Gasteiger partial charge is 0.0824 e. The fraction of sp³-hybridized carbons (Fsp3) is 0.273.